The van der Waals surface area contributed by atoms with Crippen LogP contribution in [0, 0.1) is 11.3 Å². The van der Waals surface area contributed by atoms with Crippen molar-refractivity contribution >= 4 is 5.91 Å². The summed E-state index contributed by atoms with van der Waals surface area (Å²) >= 11 is 0. The number of rotatable bonds is 8. The van der Waals surface area contributed by atoms with Crippen LogP contribution in [0.5, 0.6) is 0 Å². The third kappa shape index (κ3) is 5.04. The lowest BCUT2D eigenvalue weighted by Gasteiger charge is -2.18. The van der Waals surface area contributed by atoms with Gasteiger partial charge in [0.25, 0.3) is 0 Å². The molecular formula is C13H26N2O2. The van der Waals surface area contributed by atoms with Crippen LogP contribution in [-0.4, -0.2) is 36.8 Å². The van der Waals surface area contributed by atoms with E-state index in [-0.39, 0.29) is 24.0 Å². The molecule has 1 aliphatic rings. The summed E-state index contributed by atoms with van der Waals surface area (Å²) in [7, 11) is 0. The fraction of sp³-hybridized carbons (Fsp3) is 0.923. The Labute approximate surface area is 104 Å². The molecule has 3 N–H and O–H groups in total. The number of hydrogen-bond acceptors (Lipinski definition) is 3. The summed E-state index contributed by atoms with van der Waals surface area (Å²) in [6.45, 7) is 7.69. The zero-order valence-electron chi connectivity index (χ0n) is 11.3. The highest BCUT2D eigenvalue weighted by atomic mass is 16.3. The lowest BCUT2D eigenvalue weighted by atomic mass is 10.0. The van der Waals surface area contributed by atoms with Gasteiger partial charge in [0, 0.05) is 19.2 Å². The van der Waals surface area contributed by atoms with E-state index in [9.17, 15) is 4.79 Å². The van der Waals surface area contributed by atoms with Crippen LogP contribution in [-0.2, 0) is 4.79 Å². The molecule has 4 heteroatoms. The number of aliphatic hydroxyl groups is 1. The summed E-state index contributed by atoms with van der Waals surface area (Å²) < 4.78 is 0. The minimum absolute atomic E-state index is 0.0611. The van der Waals surface area contributed by atoms with Crippen LogP contribution in [0.4, 0.5) is 0 Å². The molecule has 0 spiro atoms. The largest absolute Gasteiger partial charge is 0.396 e. The van der Waals surface area contributed by atoms with Crippen molar-refractivity contribution in [3.63, 3.8) is 0 Å². The Kier molecular flexibility index (Phi) is 5.40. The molecule has 100 valence electrons. The van der Waals surface area contributed by atoms with Gasteiger partial charge in [0.15, 0.2) is 0 Å². The highest BCUT2D eigenvalue weighted by molar-refractivity contribution is 5.78. The van der Waals surface area contributed by atoms with Crippen molar-refractivity contribution in [2.24, 2.45) is 11.3 Å². The monoisotopic (exact) mass is 242 g/mol. The Morgan fingerprint density at radius 1 is 1.35 bits per heavy atom. The van der Waals surface area contributed by atoms with Crippen molar-refractivity contribution in [1.29, 1.82) is 0 Å². The number of amides is 1. The van der Waals surface area contributed by atoms with Crippen molar-refractivity contribution < 1.29 is 9.90 Å². The van der Waals surface area contributed by atoms with E-state index < -0.39 is 0 Å². The standard InChI is InChI=1S/C13H26N2O2/c1-10(2)11(3)15-12(17)8-14-9-13(4-5-13)6-7-16/h10-11,14,16H,4-9H2,1-3H3,(H,15,17). The molecule has 0 aromatic rings. The van der Waals surface area contributed by atoms with Crippen LogP contribution in [0.2, 0.25) is 0 Å². The first-order valence-electron chi connectivity index (χ1n) is 6.60. The van der Waals surface area contributed by atoms with Gasteiger partial charge in [0.1, 0.15) is 0 Å². The predicted molar refractivity (Wildman–Crippen MR) is 68.7 cm³/mol. The van der Waals surface area contributed by atoms with Crippen LogP contribution in [0.15, 0.2) is 0 Å². The van der Waals surface area contributed by atoms with Crippen LogP contribution in [0.25, 0.3) is 0 Å². The van der Waals surface area contributed by atoms with Gasteiger partial charge in [0.2, 0.25) is 5.91 Å². The predicted octanol–water partition coefficient (Wildman–Crippen LogP) is 0.899. The van der Waals surface area contributed by atoms with E-state index in [1.54, 1.807) is 0 Å². The zero-order chi connectivity index (χ0) is 12.9. The van der Waals surface area contributed by atoms with Crippen LogP contribution >= 0.6 is 0 Å². The van der Waals surface area contributed by atoms with Gasteiger partial charge in [-0.05, 0) is 37.5 Å². The Bertz CT molecular complexity index is 250. The third-order valence-corrected chi connectivity index (χ3v) is 3.77. The second-order valence-electron chi connectivity index (χ2n) is 5.68. The molecular weight excluding hydrogens is 216 g/mol. The molecule has 1 atom stereocenters. The SMILES string of the molecule is CC(C)C(C)NC(=O)CNCC1(CCO)CC1. The normalized spacial score (nSPS) is 19.1. The molecule has 0 aromatic carbocycles. The van der Waals surface area contributed by atoms with E-state index in [2.05, 4.69) is 24.5 Å². The van der Waals surface area contributed by atoms with Gasteiger partial charge in [0.05, 0.1) is 6.54 Å². The molecule has 1 unspecified atom stereocenters. The van der Waals surface area contributed by atoms with Gasteiger partial charge < -0.3 is 15.7 Å². The zero-order valence-corrected chi connectivity index (χ0v) is 11.3. The van der Waals surface area contributed by atoms with Crippen LogP contribution in [0.1, 0.15) is 40.0 Å². The van der Waals surface area contributed by atoms with Crippen molar-refractivity contribution in [2.45, 2.75) is 46.1 Å². The summed E-state index contributed by atoms with van der Waals surface area (Å²) in [4.78, 5) is 11.6. The lowest BCUT2D eigenvalue weighted by Crippen LogP contribution is -2.42. The van der Waals surface area contributed by atoms with Crippen LogP contribution < -0.4 is 10.6 Å². The average molecular weight is 242 g/mol. The second-order valence-corrected chi connectivity index (χ2v) is 5.68. The maximum atomic E-state index is 11.6. The Hall–Kier alpha value is -0.610. The van der Waals surface area contributed by atoms with Crippen molar-refractivity contribution in [3.05, 3.63) is 0 Å². The molecule has 0 saturated heterocycles. The highest BCUT2D eigenvalue weighted by Gasteiger charge is 2.41. The number of aliphatic hydroxyl groups excluding tert-OH is 1. The number of carbonyl (C=O) groups is 1. The molecule has 1 aliphatic carbocycles. The molecule has 0 aromatic heterocycles. The first-order chi connectivity index (χ1) is 7.99. The molecule has 1 rings (SSSR count). The minimum Gasteiger partial charge on any atom is -0.396 e. The molecule has 0 aliphatic heterocycles. The Morgan fingerprint density at radius 2 is 2.00 bits per heavy atom. The topological polar surface area (TPSA) is 61.4 Å². The summed E-state index contributed by atoms with van der Waals surface area (Å²) in [6.07, 6.45) is 3.19. The van der Waals surface area contributed by atoms with E-state index in [0.29, 0.717) is 12.5 Å². The lowest BCUT2D eigenvalue weighted by molar-refractivity contribution is -0.121. The average Bonchev–Trinajstić information content (AvgIpc) is 2.98. The molecule has 1 saturated carbocycles. The first-order valence-corrected chi connectivity index (χ1v) is 6.60. The minimum atomic E-state index is 0.0611. The second kappa shape index (κ2) is 6.36. The Morgan fingerprint density at radius 3 is 2.47 bits per heavy atom. The van der Waals surface area contributed by atoms with Gasteiger partial charge in [-0.1, -0.05) is 13.8 Å². The number of carbonyl (C=O) groups excluding carboxylic acids is 1. The fourth-order valence-corrected chi connectivity index (χ4v) is 1.84. The van der Waals surface area contributed by atoms with E-state index in [4.69, 9.17) is 5.11 Å². The summed E-state index contributed by atoms with van der Waals surface area (Å²) in [5, 5.41) is 15.1. The van der Waals surface area contributed by atoms with Gasteiger partial charge in [-0.25, -0.2) is 0 Å². The molecule has 0 heterocycles. The summed E-state index contributed by atoms with van der Waals surface area (Å²) in [5.41, 5.74) is 0.276. The van der Waals surface area contributed by atoms with Gasteiger partial charge in [-0.15, -0.1) is 0 Å². The van der Waals surface area contributed by atoms with E-state index >= 15 is 0 Å². The van der Waals surface area contributed by atoms with Gasteiger partial charge in [-0.3, -0.25) is 4.79 Å². The van der Waals surface area contributed by atoms with Crippen LogP contribution in [0.3, 0.4) is 0 Å². The smallest absolute Gasteiger partial charge is 0.234 e. The molecule has 17 heavy (non-hydrogen) atoms. The molecule has 1 amide bonds. The summed E-state index contributed by atoms with van der Waals surface area (Å²) in [5.74, 6) is 0.522. The van der Waals surface area contributed by atoms with Crippen molar-refractivity contribution in [1.82, 2.24) is 10.6 Å². The number of hydrogen-bond donors (Lipinski definition) is 3. The fourth-order valence-electron chi connectivity index (χ4n) is 1.84. The molecule has 0 bridgehead atoms. The van der Waals surface area contributed by atoms with E-state index in [0.717, 1.165) is 13.0 Å². The Balaban J connectivity index is 2.12. The third-order valence-electron chi connectivity index (χ3n) is 3.77. The first kappa shape index (κ1) is 14.5. The summed E-state index contributed by atoms with van der Waals surface area (Å²) in [6, 6.07) is 0.219. The van der Waals surface area contributed by atoms with Gasteiger partial charge >= 0.3 is 0 Å². The van der Waals surface area contributed by atoms with Crippen molar-refractivity contribution in [3.8, 4) is 0 Å². The van der Waals surface area contributed by atoms with E-state index in [1.165, 1.54) is 12.8 Å². The molecule has 0 radical (unpaired) electrons. The molecule has 4 nitrogen and oxygen atoms in total. The molecule has 1 fully saturated rings. The maximum absolute atomic E-state index is 11.6. The quantitative estimate of drug-likeness (QED) is 0.592. The van der Waals surface area contributed by atoms with Gasteiger partial charge in [-0.2, -0.15) is 0 Å². The van der Waals surface area contributed by atoms with Crippen molar-refractivity contribution in [2.75, 3.05) is 19.7 Å². The van der Waals surface area contributed by atoms with E-state index in [1.807, 2.05) is 6.92 Å². The maximum Gasteiger partial charge on any atom is 0.234 e. The number of nitrogens with one attached hydrogen (secondary N) is 2. The highest BCUT2D eigenvalue weighted by Crippen LogP contribution is 2.47.